The number of nitrogens with one attached hydrogen (secondary N) is 1. The Labute approximate surface area is 104 Å². The Balaban J connectivity index is 2.19. The van der Waals surface area contributed by atoms with Crippen molar-refractivity contribution in [2.24, 2.45) is 7.05 Å². The molecule has 1 atom stereocenters. The summed E-state index contributed by atoms with van der Waals surface area (Å²) in [6, 6.07) is 2.17. The van der Waals surface area contributed by atoms with Gasteiger partial charge in [-0.3, -0.25) is 0 Å². The second kappa shape index (κ2) is 4.99. The van der Waals surface area contributed by atoms with E-state index in [1.807, 2.05) is 42.5 Å². The predicted molar refractivity (Wildman–Crippen MR) is 68.0 cm³/mol. The molecule has 0 radical (unpaired) electrons. The van der Waals surface area contributed by atoms with Crippen molar-refractivity contribution in [2.75, 3.05) is 7.05 Å². The smallest absolute Gasteiger partial charge is 0.110 e. The van der Waals surface area contributed by atoms with Crippen LogP contribution in [0.1, 0.15) is 16.7 Å². The van der Waals surface area contributed by atoms with Crippen LogP contribution < -0.4 is 5.32 Å². The summed E-state index contributed by atoms with van der Waals surface area (Å²) in [6.07, 6.45) is 4.62. The van der Waals surface area contributed by atoms with E-state index in [9.17, 15) is 0 Å². The fraction of sp³-hybridized carbons (Fsp3) is 0.364. The first kappa shape index (κ1) is 11.6. The third kappa shape index (κ3) is 2.29. The predicted octanol–water partition coefficient (Wildman–Crippen LogP) is 2.64. The van der Waals surface area contributed by atoms with Crippen molar-refractivity contribution in [2.45, 2.75) is 12.5 Å². The number of aryl methyl sites for hydroxylation is 1. The van der Waals surface area contributed by atoms with E-state index in [0.717, 1.165) is 17.3 Å². The zero-order chi connectivity index (χ0) is 11.5. The molecule has 0 aromatic carbocycles. The highest BCUT2D eigenvalue weighted by atomic mass is 35.5. The second-order valence-corrected chi connectivity index (χ2v) is 4.99. The molecule has 0 aliphatic rings. The first-order valence-corrected chi connectivity index (χ1v) is 6.34. The number of hydrogen-bond acceptors (Lipinski definition) is 3. The number of rotatable bonds is 4. The van der Waals surface area contributed by atoms with E-state index in [2.05, 4.69) is 10.3 Å². The molecule has 5 heteroatoms. The zero-order valence-electron chi connectivity index (χ0n) is 9.27. The molecule has 0 bridgehead atoms. The molecule has 0 amide bonds. The summed E-state index contributed by atoms with van der Waals surface area (Å²) in [4.78, 5) is 5.50. The van der Waals surface area contributed by atoms with Gasteiger partial charge >= 0.3 is 0 Å². The highest BCUT2D eigenvalue weighted by Gasteiger charge is 2.16. The van der Waals surface area contributed by atoms with Gasteiger partial charge in [-0.2, -0.15) is 0 Å². The maximum absolute atomic E-state index is 6.14. The molecule has 2 heterocycles. The summed E-state index contributed by atoms with van der Waals surface area (Å²) < 4.78 is 2.03. The molecule has 3 nitrogen and oxygen atoms in total. The van der Waals surface area contributed by atoms with Gasteiger partial charge in [-0.1, -0.05) is 11.6 Å². The maximum Gasteiger partial charge on any atom is 0.110 e. The average molecular weight is 256 g/mol. The monoisotopic (exact) mass is 255 g/mol. The van der Waals surface area contributed by atoms with Gasteiger partial charge in [0.1, 0.15) is 5.82 Å². The molecule has 0 saturated carbocycles. The van der Waals surface area contributed by atoms with Crippen LogP contribution in [0.4, 0.5) is 0 Å². The molecule has 2 aromatic rings. The molecule has 0 fully saturated rings. The van der Waals surface area contributed by atoms with E-state index in [1.165, 1.54) is 4.88 Å². The van der Waals surface area contributed by atoms with E-state index in [4.69, 9.17) is 11.6 Å². The maximum atomic E-state index is 6.14. The van der Waals surface area contributed by atoms with Crippen LogP contribution in [-0.4, -0.2) is 16.6 Å². The number of hydrogen-bond donors (Lipinski definition) is 1. The molecule has 2 rings (SSSR count). The first-order valence-electron chi connectivity index (χ1n) is 5.08. The molecular formula is C11H14ClN3S. The summed E-state index contributed by atoms with van der Waals surface area (Å²) in [5, 5.41) is 6.13. The second-order valence-electron chi connectivity index (χ2n) is 3.63. The Hall–Kier alpha value is -0.840. The lowest BCUT2D eigenvalue weighted by Gasteiger charge is -2.14. The average Bonchev–Trinajstić information content (AvgIpc) is 2.85. The molecular weight excluding hydrogens is 242 g/mol. The summed E-state index contributed by atoms with van der Waals surface area (Å²) >= 11 is 7.81. The SMILES string of the molecule is CNC(Cc1nccn1C)c1sccc1Cl. The number of thiophene rings is 1. The molecule has 0 aliphatic carbocycles. The van der Waals surface area contributed by atoms with Gasteiger partial charge in [-0.15, -0.1) is 11.3 Å². The Morgan fingerprint density at radius 3 is 2.94 bits per heavy atom. The highest BCUT2D eigenvalue weighted by Crippen LogP contribution is 2.30. The van der Waals surface area contributed by atoms with Crippen LogP contribution in [0, 0.1) is 0 Å². The quantitative estimate of drug-likeness (QED) is 0.910. The van der Waals surface area contributed by atoms with Gasteiger partial charge in [0.15, 0.2) is 0 Å². The van der Waals surface area contributed by atoms with Crippen LogP contribution in [0.25, 0.3) is 0 Å². The summed E-state index contributed by atoms with van der Waals surface area (Å²) in [7, 11) is 3.95. The lowest BCUT2D eigenvalue weighted by molar-refractivity contribution is 0.572. The Morgan fingerprint density at radius 2 is 2.44 bits per heavy atom. The fourth-order valence-electron chi connectivity index (χ4n) is 1.66. The van der Waals surface area contributed by atoms with Gasteiger partial charge in [0.2, 0.25) is 0 Å². The minimum absolute atomic E-state index is 0.230. The van der Waals surface area contributed by atoms with Crippen molar-refractivity contribution >= 4 is 22.9 Å². The van der Waals surface area contributed by atoms with Crippen LogP contribution in [0.3, 0.4) is 0 Å². The van der Waals surface area contributed by atoms with Gasteiger partial charge in [-0.25, -0.2) is 4.98 Å². The molecule has 0 aliphatic heterocycles. The molecule has 2 aromatic heterocycles. The fourth-order valence-corrected chi connectivity index (χ4v) is 2.96. The zero-order valence-corrected chi connectivity index (χ0v) is 10.8. The Kier molecular flexibility index (Phi) is 3.63. The number of likely N-dealkylation sites (N-methyl/N-ethyl adjacent to an activating group) is 1. The van der Waals surface area contributed by atoms with Crippen LogP contribution in [0.2, 0.25) is 5.02 Å². The minimum Gasteiger partial charge on any atom is -0.338 e. The van der Waals surface area contributed by atoms with Gasteiger partial charge < -0.3 is 9.88 Å². The molecule has 0 saturated heterocycles. The summed E-state index contributed by atoms with van der Waals surface area (Å²) in [5.41, 5.74) is 0. The lowest BCUT2D eigenvalue weighted by atomic mass is 10.1. The Bertz CT molecular complexity index is 463. The van der Waals surface area contributed by atoms with Crippen molar-refractivity contribution in [3.8, 4) is 0 Å². The normalized spacial score (nSPS) is 12.9. The largest absolute Gasteiger partial charge is 0.338 e. The summed E-state index contributed by atoms with van der Waals surface area (Å²) in [5.74, 6) is 1.06. The van der Waals surface area contributed by atoms with Gasteiger partial charge in [0.25, 0.3) is 0 Å². The van der Waals surface area contributed by atoms with Crippen molar-refractivity contribution in [3.63, 3.8) is 0 Å². The van der Waals surface area contributed by atoms with Gasteiger partial charge in [-0.05, 0) is 18.5 Å². The van der Waals surface area contributed by atoms with Crippen LogP contribution in [0.15, 0.2) is 23.8 Å². The van der Waals surface area contributed by atoms with E-state index in [0.29, 0.717) is 0 Å². The topological polar surface area (TPSA) is 29.9 Å². The molecule has 1 N–H and O–H groups in total. The highest BCUT2D eigenvalue weighted by molar-refractivity contribution is 7.10. The third-order valence-electron chi connectivity index (χ3n) is 2.62. The lowest BCUT2D eigenvalue weighted by Crippen LogP contribution is -2.19. The van der Waals surface area contributed by atoms with E-state index in [1.54, 1.807) is 11.3 Å². The number of halogens is 1. The standard InChI is InChI=1S/C11H14ClN3S/c1-13-9(11-8(12)3-6-16-11)7-10-14-4-5-15(10)2/h3-6,9,13H,7H2,1-2H3. The van der Waals surface area contributed by atoms with E-state index in [-0.39, 0.29) is 6.04 Å². The molecule has 0 spiro atoms. The first-order chi connectivity index (χ1) is 7.72. The van der Waals surface area contributed by atoms with Crippen molar-refractivity contribution in [1.29, 1.82) is 0 Å². The van der Waals surface area contributed by atoms with Crippen molar-refractivity contribution in [1.82, 2.24) is 14.9 Å². The minimum atomic E-state index is 0.230. The molecule has 16 heavy (non-hydrogen) atoms. The van der Waals surface area contributed by atoms with Gasteiger partial charge in [0.05, 0.1) is 5.02 Å². The Morgan fingerprint density at radius 1 is 1.62 bits per heavy atom. The van der Waals surface area contributed by atoms with Crippen LogP contribution >= 0.6 is 22.9 Å². The van der Waals surface area contributed by atoms with Crippen molar-refractivity contribution < 1.29 is 0 Å². The van der Waals surface area contributed by atoms with Crippen molar-refractivity contribution in [3.05, 3.63) is 39.6 Å². The third-order valence-corrected chi connectivity index (χ3v) is 4.09. The number of imidazole rings is 1. The molecule has 86 valence electrons. The summed E-state index contributed by atoms with van der Waals surface area (Å²) in [6.45, 7) is 0. The number of nitrogens with zero attached hydrogens (tertiary/aromatic N) is 2. The molecule has 1 unspecified atom stereocenters. The van der Waals surface area contributed by atoms with E-state index < -0.39 is 0 Å². The van der Waals surface area contributed by atoms with Gasteiger partial charge in [0, 0.05) is 36.8 Å². The van der Waals surface area contributed by atoms with E-state index >= 15 is 0 Å². The van der Waals surface area contributed by atoms with Crippen LogP contribution in [0.5, 0.6) is 0 Å². The number of aromatic nitrogens is 2. The van der Waals surface area contributed by atoms with Crippen LogP contribution in [-0.2, 0) is 13.5 Å².